The number of pyridine rings is 1. The fourth-order valence-corrected chi connectivity index (χ4v) is 8.49. The van der Waals surface area contributed by atoms with Gasteiger partial charge in [0.25, 0.3) is 0 Å². The summed E-state index contributed by atoms with van der Waals surface area (Å²) in [6, 6.07) is 59.4. The maximum absolute atomic E-state index is 5.01. The van der Waals surface area contributed by atoms with E-state index < -0.39 is 0 Å². The van der Waals surface area contributed by atoms with E-state index >= 15 is 0 Å². The summed E-state index contributed by atoms with van der Waals surface area (Å²) in [5, 5.41) is 5.06. The van der Waals surface area contributed by atoms with Crippen molar-refractivity contribution >= 4 is 59.5 Å². The van der Waals surface area contributed by atoms with Gasteiger partial charge in [0.1, 0.15) is 4.83 Å². The van der Waals surface area contributed by atoms with Crippen LogP contribution in [0.25, 0.3) is 75.6 Å². The zero-order valence-corrected chi connectivity index (χ0v) is 26.8. The number of nitrogens with zero attached hydrogens (tertiary/aromatic N) is 2. The van der Waals surface area contributed by atoms with Crippen molar-refractivity contribution in [1.29, 1.82) is 0 Å². The van der Waals surface area contributed by atoms with Gasteiger partial charge < -0.3 is 4.90 Å². The fraction of sp³-hybridized carbons (Fsp3) is 0. The van der Waals surface area contributed by atoms with Crippen LogP contribution in [-0.2, 0) is 0 Å². The molecular formula is C45H28N2S. The van der Waals surface area contributed by atoms with Crippen LogP contribution in [0.15, 0.2) is 170 Å². The average Bonchev–Trinajstić information content (AvgIpc) is 3.69. The summed E-state index contributed by atoms with van der Waals surface area (Å²) < 4.78 is 1.26. The number of benzene rings is 7. The second-order valence-electron chi connectivity index (χ2n) is 12.4. The van der Waals surface area contributed by atoms with Gasteiger partial charge >= 0.3 is 0 Å². The maximum atomic E-state index is 5.01. The molecule has 2 nitrogen and oxygen atoms in total. The molecule has 0 saturated carbocycles. The molecule has 224 valence electrons. The van der Waals surface area contributed by atoms with Gasteiger partial charge in [0.05, 0.1) is 17.6 Å². The van der Waals surface area contributed by atoms with E-state index in [1.807, 2.05) is 6.20 Å². The number of hydrogen-bond donors (Lipinski definition) is 0. The Morgan fingerprint density at radius 1 is 0.438 bits per heavy atom. The van der Waals surface area contributed by atoms with Crippen molar-refractivity contribution in [3.05, 3.63) is 170 Å². The van der Waals surface area contributed by atoms with Gasteiger partial charge in [-0.1, -0.05) is 121 Å². The number of para-hydroxylation sites is 1. The van der Waals surface area contributed by atoms with E-state index in [2.05, 4.69) is 169 Å². The van der Waals surface area contributed by atoms with Crippen molar-refractivity contribution < 1.29 is 0 Å². The number of rotatable bonds is 5. The summed E-state index contributed by atoms with van der Waals surface area (Å²) in [6.07, 6.45) is 2.02. The largest absolute Gasteiger partial charge is 0.308 e. The van der Waals surface area contributed by atoms with Gasteiger partial charge in [-0.3, -0.25) is 0 Å². The highest BCUT2D eigenvalue weighted by molar-refractivity contribution is 7.25. The van der Waals surface area contributed by atoms with Crippen molar-refractivity contribution in [1.82, 2.24) is 4.98 Å². The highest BCUT2D eigenvalue weighted by Crippen LogP contribution is 2.49. The molecule has 7 aromatic carbocycles. The molecule has 0 unspecified atom stereocenters. The van der Waals surface area contributed by atoms with Crippen LogP contribution in [0.4, 0.5) is 17.1 Å². The molecule has 0 amide bonds. The molecule has 0 fully saturated rings. The first kappa shape index (κ1) is 27.1. The predicted molar refractivity (Wildman–Crippen MR) is 205 cm³/mol. The Bertz CT molecular complexity index is 2670. The Labute approximate surface area is 282 Å². The molecule has 2 heterocycles. The second-order valence-corrected chi connectivity index (χ2v) is 13.4. The molecule has 48 heavy (non-hydrogen) atoms. The van der Waals surface area contributed by atoms with Crippen LogP contribution >= 0.6 is 11.3 Å². The Morgan fingerprint density at radius 2 is 1.15 bits per heavy atom. The lowest BCUT2D eigenvalue weighted by Gasteiger charge is -2.28. The van der Waals surface area contributed by atoms with Crippen LogP contribution in [-0.4, -0.2) is 4.98 Å². The van der Waals surface area contributed by atoms with Crippen LogP contribution in [0.1, 0.15) is 0 Å². The van der Waals surface area contributed by atoms with Crippen molar-refractivity contribution in [2.45, 2.75) is 0 Å². The van der Waals surface area contributed by atoms with E-state index in [1.54, 1.807) is 11.3 Å². The zero-order valence-electron chi connectivity index (χ0n) is 26.0. The van der Waals surface area contributed by atoms with Gasteiger partial charge in [0.2, 0.25) is 0 Å². The van der Waals surface area contributed by atoms with Crippen LogP contribution in [0.2, 0.25) is 0 Å². The van der Waals surface area contributed by atoms with Crippen LogP contribution in [0.3, 0.4) is 0 Å². The third kappa shape index (κ3) is 4.22. The quantitative estimate of drug-likeness (QED) is 0.188. The van der Waals surface area contributed by atoms with Crippen LogP contribution < -0.4 is 4.90 Å². The number of anilines is 3. The van der Waals surface area contributed by atoms with E-state index in [9.17, 15) is 0 Å². The first-order valence-corrected chi connectivity index (χ1v) is 17.1. The first-order valence-electron chi connectivity index (χ1n) is 16.3. The van der Waals surface area contributed by atoms with Gasteiger partial charge in [0, 0.05) is 26.7 Å². The highest BCUT2D eigenvalue weighted by atomic mass is 32.1. The molecule has 0 saturated heterocycles. The molecule has 0 radical (unpaired) electrons. The van der Waals surface area contributed by atoms with Gasteiger partial charge in [-0.15, -0.1) is 11.3 Å². The smallest absolute Gasteiger partial charge is 0.124 e. The number of thiophene rings is 1. The minimum Gasteiger partial charge on any atom is -0.308 e. The lowest BCUT2D eigenvalue weighted by molar-refractivity contribution is 1.26. The topological polar surface area (TPSA) is 16.1 Å². The maximum Gasteiger partial charge on any atom is 0.124 e. The predicted octanol–water partition coefficient (Wildman–Crippen LogP) is 13.1. The SMILES string of the molecule is c1ccc(-c2ccccc2N(c2ccc(-c3cc4c5c(cccc5c3)-c3ccccc3-4)cc2)c2cnc3sc4ccccc4c3c2)cc1. The minimum absolute atomic E-state index is 1.03. The molecular weight excluding hydrogens is 601 g/mol. The lowest BCUT2D eigenvalue weighted by Crippen LogP contribution is -2.11. The van der Waals surface area contributed by atoms with E-state index in [-0.39, 0.29) is 0 Å². The molecule has 3 heteroatoms. The number of fused-ring (bicyclic) bond motifs is 6. The summed E-state index contributed by atoms with van der Waals surface area (Å²) in [6.45, 7) is 0. The van der Waals surface area contributed by atoms with E-state index in [0.29, 0.717) is 0 Å². The average molecular weight is 629 g/mol. The number of aromatic nitrogens is 1. The van der Waals surface area contributed by atoms with Gasteiger partial charge in [-0.2, -0.15) is 0 Å². The van der Waals surface area contributed by atoms with E-state index in [0.717, 1.165) is 21.9 Å². The highest BCUT2D eigenvalue weighted by Gasteiger charge is 2.22. The summed E-state index contributed by atoms with van der Waals surface area (Å²) in [7, 11) is 0. The Morgan fingerprint density at radius 3 is 2.00 bits per heavy atom. The Kier molecular flexibility index (Phi) is 6.08. The van der Waals surface area contributed by atoms with Crippen LogP contribution in [0.5, 0.6) is 0 Å². The molecule has 1 aliphatic carbocycles. The molecule has 0 N–H and O–H groups in total. The number of hydrogen-bond acceptors (Lipinski definition) is 3. The standard InChI is InChI=1S/C45H28N2S/c1-2-11-30(12-3-1)35-14-6-8-19-42(35)47(34-27-41-38-17-7-9-20-43(38)48-45(41)46-28-34)33-23-21-29(22-24-33)32-25-31-13-10-18-39-36-15-4-5-16-37(36)40(26-32)44(31)39/h1-28H. The fourth-order valence-electron chi connectivity index (χ4n) is 7.47. The molecule has 0 aliphatic heterocycles. The van der Waals surface area contributed by atoms with E-state index in [1.165, 1.54) is 70.8 Å². The third-order valence-corrected chi connectivity index (χ3v) is 10.7. The molecule has 2 aromatic heterocycles. The van der Waals surface area contributed by atoms with Crippen molar-refractivity contribution in [2.24, 2.45) is 0 Å². The summed E-state index contributed by atoms with van der Waals surface area (Å²) in [4.78, 5) is 8.42. The van der Waals surface area contributed by atoms with Crippen LogP contribution in [0, 0.1) is 0 Å². The molecule has 9 aromatic rings. The van der Waals surface area contributed by atoms with Crippen molar-refractivity contribution in [2.75, 3.05) is 4.90 Å². The summed E-state index contributed by atoms with van der Waals surface area (Å²) >= 11 is 1.75. The molecule has 0 atom stereocenters. The monoisotopic (exact) mass is 628 g/mol. The Hall–Kier alpha value is -6.03. The third-order valence-electron chi connectivity index (χ3n) is 9.65. The lowest BCUT2D eigenvalue weighted by atomic mass is 9.96. The second kappa shape index (κ2) is 10.8. The van der Waals surface area contributed by atoms with Gasteiger partial charge in [-0.05, 0) is 92.2 Å². The van der Waals surface area contributed by atoms with Crippen molar-refractivity contribution in [3.8, 4) is 44.5 Å². The first-order chi connectivity index (χ1) is 23.8. The molecule has 0 bridgehead atoms. The van der Waals surface area contributed by atoms with E-state index in [4.69, 9.17) is 4.98 Å². The van der Waals surface area contributed by atoms with Gasteiger partial charge in [-0.25, -0.2) is 4.98 Å². The van der Waals surface area contributed by atoms with Crippen molar-refractivity contribution in [3.63, 3.8) is 0 Å². The minimum atomic E-state index is 1.03. The molecule has 1 aliphatic rings. The Balaban J connectivity index is 1.14. The summed E-state index contributed by atoms with van der Waals surface area (Å²) in [5.41, 5.74) is 13.3. The normalized spacial score (nSPS) is 11.8. The molecule has 10 rings (SSSR count). The van der Waals surface area contributed by atoms with Gasteiger partial charge in [0.15, 0.2) is 0 Å². The zero-order chi connectivity index (χ0) is 31.6. The summed E-state index contributed by atoms with van der Waals surface area (Å²) in [5.74, 6) is 0. The molecule has 0 spiro atoms.